The van der Waals surface area contributed by atoms with Crippen molar-refractivity contribution in [1.29, 1.82) is 0 Å². The van der Waals surface area contributed by atoms with Gasteiger partial charge in [-0.25, -0.2) is 0 Å². The van der Waals surface area contributed by atoms with Gasteiger partial charge in [-0.15, -0.1) is 0 Å². The summed E-state index contributed by atoms with van der Waals surface area (Å²) in [4.78, 5) is 2.25. The third-order valence-corrected chi connectivity index (χ3v) is 4.01. The van der Waals surface area contributed by atoms with E-state index in [0.29, 0.717) is 12.0 Å². The molecule has 1 aromatic rings. The quantitative estimate of drug-likeness (QED) is 0.790. The lowest BCUT2D eigenvalue weighted by Crippen LogP contribution is -2.47. The van der Waals surface area contributed by atoms with Crippen LogP contribution in [0.15, 0.2) is 24.3 Å². The van der Waals surface area contributed by atoms with Gasteiger partial charge in [-0.2, -0.15) is 0 Å². The Hall–Kier alpha value is -1.06. The van der Waals surface area contributed by atoms with E-state index in [1.807, 2.05) is 0 Å². The van der Waals surface area contributed by atoms with Gasteiger partial charge in [0.1, 0.15) is 5.75 Å². The highest BCUT2D eigenvalue weighted by Gasteiger charge is 2.20. The number of nitrogens with zero attached hydrogens (tertiary/aromatic N) is 1. The van der Waals surface area contributed by atoms with E-state index in [4.69, 9.17) is 4.74 Å². The summed E-state index contributed by atoms with van der Waals surface area (Å²) in [7, 11) is 4.24. The van der Waals surface area contributed by atoms with Crippen LogP contribution in [0.5, 0.6) is 5.75 Å². The van der Waals surface area contributed by atoms with Crippen LogP contribution < -0.4 is 10.1 Å². The van der Waals surface area contributed by atoms with E-state index in [9.17, 15) is 0 Å². The van der Waals surface area contributed by atoms with Crippen LogP contribution in [0.4, 0.5) is 0 Å². The van der Waals surface area contributed by atoms with Crippen LogP contribution in [-0.2, 0) is 0 Å². The van der Waals surface area contributed by atoms with Crippen LogP contribution in [0.3, 0.4) is 0 Å². The maximum absolute atomic E-state index is 5.72. The average molecular weight is 292 g/mol. The first kappa shape index (κ1) is 18.0. The third-order valence-electron chi connectivity index (χ3n) is 4.01. The van der Waals surface area contributed by atoms with Crippen LogP contribution in [0.2, 0.25) is 0 Å². The fourth-order valence-electron chi connectivity index (χ4n) is 1.79. The van der Waals surface area contributed by atoms with E-state index in [-0.39, 0.29) is 5.54 Å². The molecule has 0 aliphatic carbocycles. The zero-order valence-electron chi connectivity index (χ0n) is 14.7. The van der Waals surface area contributed by atoms with Crippen molar-refractivity contribution in [2.75, 3.05) is 27.2 Å². The van der Waals surface area contributed by atoms with E-state index in [0.717, 1.165) is 18.9 Å². The molecule has 0 fully saturated rings. The Morgan fingerprint density at radius 1 is 1.10 bits per heavy atom. The zero-order chi connectivity index (χ0) is 16.0. The molecule has 1 unspecified atom stereocenters. The predicted molar refractivity (Wildman–Crippen MR) is 91.0 cm³/mol. The average Bonchev–Trinajstić information content (AvgIpc) is 2.43. The van der Waals surface area contributed by atoms with E-state index in [2.05, 4.69) is 83.2 Å². The van der Waals surface area contributed by atoms with E-state index in [1.165, 1.54) is 5.56 Å². The van der Waals surface area contributed by atoms with Crippen LogP contribution in [0.25, 0.3) is 0 Å². The van der Waals surface area contributed by atoms with Crippen LogP contribution in [0.1, 0.15) is 46.2 Å². The summed E-state index contributed by atoms with van der Waals surface area (Å²) in [6.45, 7) is 12.7. The minimum Gasteiger partial charge on any atom is -0.493 e. The normalized spacial score (nSPS) is 13.8. The highest BCUT2D eigenvalue weighted by molar-refractivity contribution is 5.29. The van der Waals surface area contributed by atoms with Gasteiger partial charge in [0, 0.05) is 18.1 Å². The van der Waals surface area contributed by atoms with Crippen molar-refractivity contribution >= 4 is 0 Å². The second-order valence-electron chi connectivity index (χ2n) is 7.08. The second kappa shape index (κ2) is 7.81. The van der Waals surface area contributed by atoms with E-state index < -0.39 is 0 Å². The minimum absolute atomic E-state index is 0.147. The molecule has 0 aliphatic rings. The lowest BCUT2D eigenvalue weighted by molar-refractivity contribution is 0.185. The first-order chi connectivity index (χ1) is 9.72. The van der Waals surface area contributed by atoms with Crippen LogP contribution in [-0.4, -0.2) is 37.7 Å². The number of hydrogen-bond acceptors (Lipinski definition) is 3. The molecule has 0 saturated heterocycles. The Kier molecular flexibility index (Phi) is 6.69. The molecule has 1 atom stereocenters. The SMILES string of the molecule is CC(C)COc1ccc(C(C)NCC(C)(C)N(C)C)cc1. The molecule has 0 amide bonds. The summed E-state index contributed by atoms with van der Waals surface area (Å²) >= 11 is 0. The summed E-state index contributed by atoms with van der Waals surface area (Å²) in [5.41, 5.74) is 1.44. The Morgan fingerprint density at radius 3 is 2.14 bits per heavy atom. The van der Waals surface area contributed by atoms with Crippen molar-refractivity contribution in [2.45, 2.75) is 46.2 Å². The largest absolute Gasteiger partial charge is 0.493 e. The van der Waals surface area contributed by atoms with Crippen molar-refractivity contribution in [1.82, 2.24) is 10.2 Å². The molecule has 1 N–H and O–H groups in total. The van der Waals surface area contributed by atoms with Gasteiger partial charge in [-0.1, -0.05) is 26.0 Å². The van der Waals surface area contributed by atoms with Crippen molar-refractivity contribution < 1.29 is 4.74 Å². The highest BCUT2D eigenvalue weighted by atomic mass is 16.5. The van der Waals surface area contributed by atoms with Gasteiger partial charge < -0.3 is 15.0 Å². The molecule has 120 valence electrons. The summed E-state index contributed by atoms with van der Waals surface area (Å²) in [5.74, 6) is 1.51. The van der Waals surface area contributed by atoms with Crippen molar-refractivity contribution in [2.24, 2.45) is 5.92 Å². The maximum atomic E-state index is 5.72. The smallest absolute Gasteiger partial charge is 0.119 e. The van der Waals surface area contributed by atoms with Gasteiger partial charge in [-0.3, -0.25) is 0 Å². The number of ether oxygens (including phenoxy) is 1. The molecular formula is C18H32N2O. The molecule has 1 aromatic carbocycles. The predicted octanol–water partition coefficient (Wildman–Crippen LogP) is 3.71. The standard InChI is InChI=1S/C18H32N2O/c1-14(2)12-21-17-10-8-16(9-11-17)15(3)19-13-18(4,5)20(6)7/h8-11,14-15,19H,12-13H2,1-7H3. The van der Waals surface area contributed by atoms with Gasteiger partial charge in [0.25, 0.3) is 0 Å². The first-order valence-corrected chi connectivity index (χ1v) is 7.86. The third kappa shape index (κ3) is 6.06. The summed E-state index contributed by atoms with van der Waals surface area (Å²) < 4.78 is 5.72. The second-order valence-corrected chi connectivity index (χ2v) is 7.08. The molecule has 3 heteroatoms. The zero-order valence-corrected chi connectivity index (χ0v) is 14.7. The Morgan fingerprint density at radius 2 is 1.67 bits per heavy atom. The van der Waals surface area contributed by atoms with E-state index >= 15 is 0 Å². The van der Waals surface area contributed by atoms with Crippen molar-refractivity contribution in [3.63, 3.8) is 0 Å². The molecule has 0 bridgehead atoms. The topological polar surface area (TPSA) is 24.5 Å². The van der Waals surface area contributed by atoms with Crippen LogP contribution >= 0.6 is 0 Å². The first-order valence-electron chi connectivity index (χ1n) is 7.86. The maximum Gasteiger partial charge on any atom is 0.119 e. The number of likely N-dealkylation sites (N-methyl/N-ethyl adjacent to an activating group) is 1. The molecule has 21 heavy (non-hydrogen) atoms. The number of hydrogen-bond donors (Lipinski definition) is 1. The fraction of sp³-hybridized carbons (Fsp3) is 0.667. The molecule has 0 spiro atoms. The Labute approximate surface area is 130 Å². The van der Waals surface area contributed by atoms with Gasteiger partial charge in [-0.05, 0) is 58.5 Å². The van der Waals surface area contributed by atoms with Crippen LogP contribution in [0, 0.1) is 5.92 Å². The van der Waals surface area contributed by atoms with Crippen molar-refractivity contribution in [3.8, 4) is 5.75 Å². The van der Waals surface area contributed by atoms with Gasteiger partial charge in [0.15, 0.2) is 0 Å². The highest BCUT2D eigenvalue weighted by Crippen LogP contribution is 2.19. The van der Waals surface area contributed by atoms with Gasteiger partial charge in [0.2, 0.25) is 0 Å². The minimum atomic E-state index is 0.147. The van der Waals surface area contributed by atoms with Gasteiger partial charge in [0.05, 0.1) is 6.61 Å². The molecule has 0 heterocycles. The molecule has 3 nitrogen and oxygen atoms in total. The summed E-state index contributed by atoms with van der Waals surface area (Å²) in [6, 6.07) is 8.76. The van der Waals surface area contributed by atoms with Gasteiger partial charge >= 0.3 is 0 Å². The monoisotopic (exact) mass is 292 g/mol. The fourth-order valence-corrected chi connectivity index (χ4v) is 1.79. The number of benzene rings is 1. The number of rotatable bonds is 8. The molecule has 0 aromatic heterocycles. The Bertz CT molecular complexity index is 410. The lowest BCUT2D eigenvalue weighted by Gasteiger charge is -2.34. The van der Waals surface area contributed by atoms with E-state index in [1.54, 1.807) is 0 Å². The number of nitrogens with one attached hydrogen (secondary N) is 1. The van der Waals surface area contributed by atoms with Crippen molar-refractivity contribution in [3.05, 3.63) is 29.8 Å². The molecule has 0 aliphatic heterocycles. The molecule has 0 radical (unpaired) electrons. The molecule has 0 saturated carbocycles. The lowest BCUT2D eigenvalue weighted by atomic mass is 10.0. The molecule has 1 rings (SSSR count). The molecular weight excluding hydrogens is 260 g/mol. The Balaban J connectivity index is 2.53. The summed E-state index contributed by atoms with van der Waals surface area (Å²) in [6.07, 6.45) is 0. The summed E-state index contributed by atoms with van der Waals surface area (Å²) in [5, 5.41) is 3.61.